The second-order valence-electron chi connectivity index (χ2n) is 5.05. The summed E-state index contributed by atoms with van der Waals surface area (Å²) in [4.78, 5) is 10.1. The first-order valence-corrected chi connectivity index (χ1v) is 5.46. The van der Waals surface area contributed by atoms with Crippen LogP contribution in [0.25, 0.3) is 0 Å². The molecule has 0 radical (unpaired) electrons. The van der Waals surface area contributed by atoms with Crippen LogP contribution >= 0.6 is 0 Å². The summed E-state index contributed by atoms with van der Waals surface area (Å²) in [6.07, 6.45) is 1.21. The van der Waals surface area contributed by atoms with E-state index in [-0.39, 0.29) is 10.6 Å². The Bertz CT molecular complexity index is 398. The second kappa shape index (κ2) is 3.87. The fraction of sp³-hybridized carbons (Fsp3) is 0.500. The van der Waals surface area contributed by atoms with Crippen LogP contribution in [0.5, 0.6) is 0 Å². The van der Waals surface area contributed by atoms with Crippen LogP contribution in [-0.4, -0.2) is 11.0 Å². The van der Waals surface area contributed by atoms with Crippen LogP contribution in [0.1, 0.15) is 25.8 Å². The van der Waals surface area contributed by atoms with Gasteiger partial charge in [-0.05, 0) is 17.4 Å². The molecule has 1 aromatic carbocycles. The third-order valence-corrected chi connectivity index (χ3v) is 3.21. The van der Waals surface area contributed by atoms with Gasteiger partial charge in [-0.3, -0.25) is 10.1 Å². The summed E-state index contributed by atoms with van der Waals surface area (Å²) in [6, 6.07) is 7.30. The van der Waals surface area contributed by atoms with Crippen LogP contribution in [0.4, 0.5) is 5.69 Å². The zero-order chi connectivity index (χ0) is 11.8. The van der Waals surface area contributed by atoms with E-state index in [4.69, 9.17) is 0 Å². The normalized spacial score (nSPS) is 21.8. The minimum atomic E-state index is -0.374. The molecule has 0 saturated heterocycles. The molecule has 86 valence electrons. The maximum Gasteiger partial charge on any atom is 0.269 e. The first-order chi connectivity index (χ1) is 7.49. The summed E-state index contributed by atoms with van der Waals surface area (Å²) in [7, 11) is 0. The number of nitro groups is 1. The Kier molecular flexibility index (Phi) is 2.68. The number of nitrogens with zero attached hydrogens (tertiary/aromatic N) is 1. The van der Waals surface area contributed by atoms with Crippen molar-refractivity contribution < 1.29 is 4.92 Å². The molecular weight excluding hydrogens is 204 g/mol. The van der Waals surface area contributed by atoms with Crippen molar-refractivity contribution in [2.45, 2.75) is 32.9 Å². The zero-order valence-electron chi connectivity index (χ0n) is 9.56. The van der Waals surface area contributed by atoms with Crippen LogP contribution in [0.3, 0.4) is 0 Å². The molecule has 0 spiro atoms. The first kappa shape index (κ1) is 11.1. The van der Waals surface area contributed by atoms with Gasteiger partial charge < -0.3 is 5.32 Å². The predicted molar refractivity (Wildman–Crippen MR) is 62.1 cm³/mol. The van der Waals surface area contributed by atoms with Gasteiger partial charge in [-0.2, -0.15) is 0 Å². The molecule has 0 aromatic heterocycles. The fourth-order valence-electron chi connectivity index (χ4n) is 1.79. The third kappa shape index (κ3) is 2.39. The van der Waals surface area contributed by atoms with E-state index in [9.17, 15) is 10.1 Å². The lowest BCUT2D eigenvalue weighted by Gasteiger charge is -2.06. The maximum atomic E-state index is 10.5. The Hall–Kier alpha value is -1.42. The Morgan fingerprint density at radius 1 is 1.44 bits per heavy atom. The lowest BCUT2D eigenvalue weighted by atomic mass is 10.1. The van der Waals surface area contributed by atoms with E-state index >= 15 is 0 Å². The molecule has 1 unspecified atom stereocenters. The molecule has 1 aliphatic rings. The number of hydrogen-bond acceptors (Lipinski definition) is 3. The van der Waals surface area contributed by atoms with Crippen molar-refractivity contribution in [1.29, 1.82) is 0 Å². The Labute approximate surface area is 94.8 Å². The smallest absolute Gasteiger partial charge is 0.269 e. The number of nitro benzene ring substituents is 1. The van der Waals surface area contributed by atoms with Crippen LogP contribution in [0.2, 0.25) is 0 Å². The highest BCUT2D eigenvalue weighted by Gasteiger charge is 2.44. The van der Waals surface area contributed by atoms with Gasteiger partial charge in [0.25, 0.3) is 5.69 Å². The van der Waals surface area contributed by atoms with E-state index in [1.165, 1.54) is 6.42 Å². The monoisotopic (exact) mass is 220 g/mol. The molecule has 1 aromatic rings. The lowest BCUT2D eigenvalue weighted by Crippen LogP contribution is -2.19. The Balaban J connectivity index is 1.88. The van der Waals surface area contributed by atoms with E-state index in [0.717, 1.165) is 12.1 Å². The van der Waals surface area contributed by atoms with Crippen LogP contribution in [0, 0.1) is 15.5 Å². The van der Waals surface area contributed by atoms with Crippen molar-refractivity contribution in [3.8, 4) is 0 Å². The number of non-ortho nitro benzene ring substituents is 1. The fourth-order valence-corrected chi connectivity index (χ4v) is 1.79. The van der Waals surface area contributed by atoms with Gasteiger partial charge in [0.1, 0.15) is 0 Å². The average molecular weight is 220 g/mol. The topological polar surface area (TPSA) is 55.2 Å². The number of benzene rings is 1. The largest absolute Gasteiger partial charge is 0.309 e. The first-order valence-electron chi connectivity index (χ1n) is 5.46. The number of rotatable bonds is 4. The standard InChI is InChI=1S/C12H16N2O2/c1-12(2)7-11(12)13-8-9-3-5-10(6-4-9)14(15)16/h3-6,11,13H,7-8H2,1-2H3. The van der Waals surface area contributed by atoms with Crippen molar-refractivity contribution in [3.63, 3.8) is 0 Å². The summed E-state index contributed by atoms with van der Waals surface area (Å²) < 4.78 is 0. The molecule has 0 aliphatic heterocycles. The summed E-state index contributed by atoms with van der Waals surface area (Å²) in [6.45, 7) is 5.26. The van der Waals surface area contributed by atoms with Gasteiger partial charge in [0.05, 0.1) is 4.92 Å². The van der Waals surface area contributed by atoms with Crippen molar-refractivity contribution in [1.82, 2.24) is 5.32 Å². The molecule has 2 rings (SSSR count). The predicted octanol–water partition coefficient (Wildman–Crippen LogP) is 2.48. The van der Waals surface area contributed by atoms with Gasteiger partial charge in [0, 0.05) is 24.7 Å². The molecule has 1 N–H and O–H groups in total. The van der Waals surface area contributed by atoms with Gasteiger partial charge >= 0.3 is 0 Å². The summed E-state index contributed by atoms with van der Waals surface area (Å²) in [5.74, 6) is 0. The minimum Gasteiger partial charge on any atom is -0.309 e. The molecular formula is C12H16N2O2. The molecule has 0 amide bonds. The molecule has 4 heteroatoms. The minimum absolute atomic E-state index is 0.149. The van der Waals surface area contributed by atoms with Gasteiger partial charge in [0.15, 0.2) is 0 Å². The van der Waals surface area contributed by atoms with Crippen molar-refractivity contribution in [3.05, 3.63) is 39.9 Å². The Morgan fingerprint density at radius 3 is 2.44 bits per heavy atom. The van der Waals surface area contributed by atoms with E-state index in [2.05, 4.69) is 19.2 Å². The molecule has 0 bridgehead atoms. The van der Waals surface area contributed by atoms with Crippen LogP contribution in [0.15, 0.2) is 24.3 Å². The summed E-state index contributed by atoms with van der Waals surface area (Å²) in [5, 5.41) is 13.9. The molecule has 4 nitrogen and oxygen atoms in total. The number of hydrogen-bond donors (Lipinski definition) is 1. The van der Waals surface area contributed by atoms with Gasteiger partial charge in [-0.15, -0.1) is 0 Å². The number of nitrogens with one attached hydrogen (secondary N) is 1. The average Bonchev–Trinajstić information content (AvgIpc) is 2.84. The van der Waals surface area contributed by atoms with Crippen molar-refractivity contribution >= 4 is 5.69 Å². The van der Waals surface area contributed by atoms with Gasteiger partial charge in [0.2, 0.25) is 0 Å². The van der Waals surface area contributed by atoms with Gasteiger partial charge in [-0.25, -0.2) is 0 Å². The molecule has 1 atom stereocenters. The van der Waals surface area contributed by atoms with E-state index in [1.54, 1.807) is 24.3 Å². The van der Waals surface area contributed by atoms with Crippen LogP contribution < -0.4 is 5.32 Å². The molecule has 1 fully saturated rings. The van der Waals surface area contributed by atoms with E-state index in [1.807, 2.05) is 0 Å². The van der Waals surface area contributed by atoms with E-state index < -0.39 is 0 Å². The summed E-state index contributed by atoms with van der Waals surface area (Å²) >= 11 is 0. The SMILES string of the molecule is CC1(C)CC1NCc1ccc([N+](=O)[O-])cc1. The third-order valence-electron chi connectivity index (χ3n) is 3.21. The highest BCUT2D eigenvalue weighted by atomic mass is 16.6. The summed E-state index contributed by atoms with van der Waals surface area (Å²) in [5.41, 5.74) is 1.66. The van der Waals surface area contributed by atoms with Crippen LogP contribution in [-0.2, 0) is 6.54 Å². The second-order valence-corrected chi connectivity index (χ2v) is 5.05. The van der Waals surface area contributed by atoms with Crippen molar-refractivity contribution in [2.24, 2.45) is 5.41 Å². The lowest BCUT2D eigenvalue weighted by molar-refractivity contribution is -0.384. The molecule has 1 aliphatic carbocycles. The molecule has 0 heterocycles. The quantitative estimate of drug-likeness (QED) is 0.626. The van der Waals surface area contributed by atoms with Crippen molar-refractivity contribution in [2.75, 3.05) is 0 Å². The molecule has 1 saturated carbocycles. The zero-order valence-corrected chi connectivity index (χ0v) is 9.56. The molecule has 16 heavy (non-hydrogen) atoms. The highest BCUT2D eigenvalue weighted by Crippen LogP contribution is 2.44. The Morgan fingerprint density at radius 2 is 2.00 bits per heavy atom. The maximum absolute atomic E-state index is 10.5. The van der Waals surface area contributed by atoms with Gasteiger partial charge in [-0.1, -0.05) is 26.0 Å². The van der Waals surface area contributed by atoms with E-state index in [0.29, 0.717) is 11.5 Å². The highest BCUT2D eigenvalue weighted by molar-refractivity contribution is 5.32.